The van der Waals surface area contributed by atoms with Crippen molar-refractivity contribution in [3.63, 3.8) is 0 Å². The molecular weight excluding hydrogens is 172 g/mol. The average Bonchev–Trinajstić information content (AvgIpc) is 2.12. The van der Waals surface area contributed by atoms with E-state index in [1.807, 2.05) is 0 Å². The van der Waals surface area contributed by atoms with Crippen molar-refractivity contribution in [3.05, 3.63) is 0 Å². The van der Waals surface area contributed by atoms with E-state index in [1.54, 1.807) is 0 Å². The van der Waals surface area contributed by atoms with Gasteiger partial charge in [0.15, 0.2) is 0 Å². The van der Waals surface area contributed by atoms with Gasteiger partial charge < -0.3 is 5.11 Å². The fraction of sp³-hybridized carbons (Fsp3) is 1.00. The highest BCUT2D eigenvalue weighted by atomic mass is 16.3. The molecule has 1 nitrogen and oxygen atoms in total. The highest BCUT2D eigenvalue weighted by Gasteiger charge is 2.23. The minimum Gasteiger partial charge on any atom is -0.393 e. The van der Waals surface area contributed by atoms with E-state index >= 15 is 0 Å². The monoisotopic (exact) mass is 198 g/mol. The van der Waals surface area contributed by atoms with E-state index in [0.29, 0.717) is 0 Å². The van der Waals surface area contributed by atoms with E-state index in [1.165, 1.54) is 25.7 Å². The summed E-state index contributed by atoms with van der Waals surface area (Å²) < 4.78 is 0. The zero-order chi connectivity index (χ0) is 10.6. The molecule has 1 fully saturated rings. The molecule has 14 heavy (non-hydrogen) atoms. The molecule has 0 aliphatic heterocycles. The predicted octanol–water partition coefficient (Wildman–Crippen LogP) is 3.61. The summed E-state index contributed by atoms with van der Waals surface area (Å²) in [6.45, 7) is 6.81. The number of aliphatic hydroxyl groups is 1. The van der Waals surface area contributed by atoms with E-state index in [0.717, 1.165) is 30.6 Å². The molecule has 0 bridgehead atoms. The second-order valence-corrected chi connectivity index (χ2v) is 5.42. The first-order chi connectivity index (χ1) is 6.61. The lowest BCUT2D eigenvalue weighted by Gasteiger charge is -2.31. The minimum absolute atomic E-state index is 0.0532. The molecule has 1 saturated carbocycles. The van der Waals surface area contributed by atoms with E-state index in [4.69, 9.17) is 0 Å². The van der Waals surface area contributed by atoms with Gasteiger partial charge in [0.2, 0.25) is 0 Å². The molecule has 1 heteroatoms. The molecule has 0 heterocycles. The Labute approximate surface area is 88.9 Å². The summed E-state index contributed by atoms with van der Waals surface area (Å²) >= 11 is 0. The molecule has 84 valence electrons. The first-order valence-corrected chi connectivity index (χ1v) is 6.29. The maximum Gasteiger partial charge on any atom is 0.0537 e. The largest absolute Gasteiger partial charge is 0.393 e. The molecule has 0 spiro atoms. The van der Waals surface area contributed by atoms with E-state index in [-0.39, 0.29) is 6.10 Å². The van der Waals surface area contributed by atoms with Crippen molar-refractivity contribution in [1.82, 2.24) is 0 Å². The van der Waals surface area contributed by atoms with Gasteiger partial charge in [-0.25, -0.2) is 0 Å². The van der Waals surface area contributed by atoms with Crippen LogP contribution in [0.1, 0.15) is 59.3 Å². The van der Waals surface area contributed by atoms with Gasteiger partial charge in [0, 0.05) is 0 Å². The molecule has 0 radical (unpaired) electrons. The second-order valence-electron chi connectivity index (χ2n) is 5.42. The van der Waals surface area contributed by atoms with Crippen LogP contribution in [0.4, 0.5) is 0 Å². The third-order valence-corrected chi connectivity index (χ3v) is 3.66. The van der Waals surface area contributed by atoms with Crippen molar-refractivity contribution >= 4 is 0 Å². The molecule has 3 unspecified atom stereocenters. The topological polar surface area (TPSA) is 20.2 Å². The summed E-state index contributed by atoms with van der Waals surface area (Å²) in [6.07, 6.45) is 7.30. The molecule has 1 aliphatic carbocycles. The third kappa shape index (κ3) is 4.00. The van der Waals surface area contributed by atoms with Crippen LogP contribution in [0.2, 0.25) is 0 Å². The van der Waals surface area contributed by atoms with Crippen LogP contribution in [0.3, 0.4) is 0 Å². The zero-order valence-corrected chi connectivity index (χ0v) is 10.00. The third-order valence-electron chi connectivity index (χ3n) is 3.66. The molecule has 0 saturated heterocycles. The zero-order valence-electron chi connectivity index (χ0n) is 10.00. The predicted molar refractivity (Wildman–Crippen MR) is 61.2 cm³/mol. The summed E-state index contributed by atoms with van der Waals surface area (Å²) in [6, 6.07) is 0. The number of rotatable bonds is 4. The Morgan fingerprint density at radius 3 is 2.21 bits per heavy atom. The van der Waals surface area contributed by atoms with Crippen LogP contribution in [0.15, 0.2) is 0 Å². The fourth-order valence-corrected chi connectivity index (χ4v) is 2.98. The first kappa shape index (κ1) is 12.0. The van der Waals surface area contributed by atoms with E-state index in [2.05, 4.69) is 20.8 Å². The summed E-state index contributed by atoms with van der Waals surface area (Å²) in [5.74, 6) is 2.69. The van der Waals surface area contributed by atoms with Crippen molar-refractivity contribution in [3.8, 4) is 0 Å². The normalized spacial score (nSPS) is 35.6. The van der Waals surface area contributed by atoms with Crippen LogP contribution >= 0.6 is 0 Å². The maximum atomic E-state index is 9.52. The lowest BCUT2D eigenvalue weighted by atomic mass is 9.75. The number of hydrogen-bond donors (Lipinski definition) is 1. The second kappa shape index (κ2) is 5.75. The SMILES string of the molecule is CCC(O)CCC1CC(C)CC(C)C1. The molecule has 1 rings (SSSR count). The highest BCUT2D eigenvalue weighted by Crippen LogP contribution is 2.35. The quantitative estimate of drug-likeness (QED) is 0.731. The Morgan fingerprint density at radius 1 is 1.14 bits per heavy atom. The van der Waals surface area contributed by atoms with Gasteiger partial charge in [-0.15, -0.1) is 0 Å². The number of aliphatic hydroxyl groups excluding tert-OH is 1. The molecule has 1 N–H and O–H groups in total. The van der Waals surface area contributed by atoms with Crippen LogP contribution in [0.5, 0.6) is 0 Å². The van der Waals surface area contributed by atoms with Gasteiger partial charge in [0.05, 0.1) is 6.10 Å². The molecule has 0 amide bonds. The Kier molecular flexibility index (Phi) is 4.94. The van der Waals surface area contributed by atoms with Crippen molar-refractivity contribution < 1.29 is 5.11 Å². The molecule has 1 aliphatic rings. The molecule has 0 aromatic carbocycles. The van der Waals surface area contributed by atoms with Crippen molar-refractivity contribution in [2.45, 2.75) is 65.4 Å². The van der Waals surface area contributed by atoms with Crippen molar-refractivity contribution in [2.75, 3.05) is 0 Å². The summed E-state index contributed by atoms with van der Waals surface area (Å²) in [5.41, 5.74) is 0. The molecule has 3 atom stereocenters. The molecule has 0 aromatic heterocycles. The molecule has 0 aromatic rings. The Morgan fingerprint density at radius 2 is 1.71 bits per heavy atom. The lowest BCUT2D eigenvalue weighted by molar-refractivity contribution is 0.133. The van der Waals surface area contributed by atoms with Crippen LogP contribution in [-0.2, 0) is 0 Å². The average molecular weight is 198 g/mol. The Hall–Kier alpha value is -0.0400. The van der Waals surface area contributed by atoms with Crippen LogP contribution in [0, 0.1) is 17.8 Å². The fourth-order valence-electron chi connectivity index (χ4n) is 2.98. The summed E-state index contributed by atoms with van der Waals surface area (Å²) in [7, 11) is 0. The van der Waals surface area contributed by atoms with E-state index < -0.39 is 0 Å². The minimum atomic E-state index is -0.0532. The highest BCUT2D eigenvalue weighted by molar-refractivity contribution is 4.75. The van der Waals surface area contributed by atoms with Gasteiger partial charge >= 0.3 is 0 Å². The maximum absolute atomic E-state index is 9.52. The van der Waals surface area contributed by atoms with Gasteiger partial charge in [-0.05, 0) is 56.3 Å². The summed E-state index contributed by atoms with van der Waals surface area (Å²) in [4.78, 5) is 0. The standard InChI is InChI=1S/C13H26O/c1-4-13(14)6-5-12-8-10(2)7-11(3)9-12/h10-14H,4-9H2,1-3H3. The van der Waals surface area contributed by atoms with Gasteiger partial charge in [0.25, 0.3) is 0 Å². The van der Waals surface area contributed by atoms with Gasteiger partial charge in [-0.3, -0.25) is 0 Å². The Balaban J connectivity index is 2.23. The van der Waals surface area contributed by atoms with Crippen LogP contribution < -0.4 is 0 Å². The van der Waals surface area contributed by atoms with Crippen molar-refractivity contribution in [2.24, 2.45) is 17.8 Å². The van der Waals surface area contributed by atoms with Gasteiger partial charge in [0.1, 0.15) is 0 Å². The van der Waals surface area contributed by atoms with Gasteiger partial charge in [-0.2, -0.15) is 0 Å². The smallest absolute Gasteiger partial charge is 0.0537 e. The van der Waals surface area contributed by atoms with Crippen LogP contribution in [0.25, 0.3) is 0 Å². The lowest BCUT2D eigenvalue weighted by Crippen LogP contribution is -2.20. The Bertz CT molecular complexity index is 145. The van der Waals surface area contributed by atoms with Crippen LogP contribution in [-0.4, -0.2) is 11.2 Å². The van der Waals surface area contributed by atoms with Crippen molar-refractivity contribution in [1.29, 1.82) is 0 Å². The summed E-state index contributed by atoms with van der Waals surface area (Å²) in [5, 5.41) is 9.52. The first-order valence-electron chi connectivity index (χ1n) is 6.29. The van der Waals surface area contributed by atoms with E-state index in [9.17, 15) is 5.11 Å². The van der Waals surface area contributed by atoms with Gasteiger partial charge in [-0.1, -0.05) is 20.8 Å². The molecular formula is C13H26O. The number of hydrogen-bond acceptors (Lipinski definition) is 1.